The van der Waals surface area contributed by atoms with Crippen molar-refractivity contribution in [2.45, 2.75) is 124 Å². The van der Waals surface area contributed by atoms with Crippen molar-refractivity contribution in [1.82, 2.24) is 0 Å². The Bertz CT molecular complexity index is 635. The number of benzene rings is 1. The molecule has 3 nitrogen and oxygen atoms in total. The second-order valence-electron chi connectivity index (χ2n) is 9.42. The van der Waals surface area contributed by atoms with Crippen molar-refractivity contribution in [1.29, 1.82) is 0 Å². The van der Waals surface area contributed by atoms with Gasteiger partial charge in [-0.2, -0.15) is 0 Å². The Morgan fingerprint density at radius 2 is 1.16 bits per heavy atom. The molecule has 1 atom stereocenters. The average Bonchev–Trinajstić information content (AvgIpc) is 2.65. The minimum atomic E-state index is -1.42. The Balaban J connectivity index is 3.28. The Labute approximate surface area is 193 Å². The number of halogens is 3. The van der Waals surface area contributed by atoms with E-state index in [1.807, 2.05) is 41.5 Å². The quantitative estimate of drug-likeness (QED) is 0.142. The molecule has 0 heterocycles. The van der Waals surface area contributed by atoms with Crippen molar-refractivity contribution in [2.75, 3.05) is 0 Å². The zero-order valence-corrected chi connectivity index (χ0v) is 21.0. The van der Waals surface area contributed by atoms with Crippen LogP contribution in [0.5, 0.6) is 0 Å². The monoisotopic (exact) mass is 460 g/mol. The zero-order chi connectivity index (χ0) is 24.3. The van der Waals surface area contributed by atoms with Gasteiger partial charge in [-0.25, -0.2) is 13.2 Å². The fourth-order valence-electron chi connectivity index (χ4n) is 3.92. The van der Waals surface area contributed by atoms with Gasteiger partial charge in [0.1, 0.15) is 5.82 Å². The minimum Gasteiger partial charge on any atom is -0.324 e. The van der Waals surface area contributed by atoms with Gasteiger partial charge in [-0.3, -0.25) is 0 Å². The summed E-state index contributed by atoms with van der Waals surface area (Å²) < 4.78 is 60.7. The summed E-state index contributed by atoms with van der Waals surface area (Å²) in [6.07, 6.45) is 6.71. The molecule has 0 radical (unpaired) electrons. The topological polar surface area (TPSA) is 27.7 Å². The molecule has 0 saturated heterocycles. The van der Waals surface area contributed by atoms with Gasteiger partial charge in [0, 0.05) is 12.0 Å². The molecule has 0 N–H and O–H groups in total. The third kappa shape index (κ3) is 9.80. The normalized spacial score (nSPS) is 13.5. The molecule has 0 amide bonds. The van der Waals surface area contributed by atoms with Gasteiger partial charge >= 0.3 is 0 Å². The van der Waals surface area contributed by atoms with Crippen LogP contribution in [0.15, 0.2) is 12.1 Å². The predicted octanol–water partition coefficient (Wildman–Crippen LogP) is 7.94. The van der Waals surface area contributed by atoms with E-state index in [9.17, 15) is 13.2 Å². The molecule has 1 aromatic carbocycles. The molecule has 32 heavy (non-hydrogen) atoms. The van der Waals surface area contributed by atoms with Crippen molar-refractivity contribution in [3.8, 4) is 0 Å². The van der Waals surface area contributed by atoms with Crippen LogP contribution in [0.25, 0.3) is 0 Å². The van der Waals surface area contributed by atoms with Crippen LogP contribution >= 0.6 is 0 Å². The van der Waals surface area contributed by atoms with Crippen LogP contribution < -0.4 is 0 Å². The van der Waals surface area contributed by atoms with Crippen molar-refractivity contribution in [2.24, 2.45) is 5.92 Å². The summed E-state index contributed by atoms with van der Waals surface area (Å²) in [5.41, 5.74) is 0.0938. The lowest BCUT2D eigenvalue weighted by atomic mass is 9.90. The maximum absolute atomic E-state index is 14.6. The van der Waals surface area contributed by atoms with E-state index in [0.717, 1.165) is 25.3 Å². The lowest BCUT2D eigenvalue weighted by molar-refractivity contribution is -0.432. The van der Waals surface area contributed by atoms with Crippen LogP contribution in [-0.2, 0) is 20.6 Å². The fourth-order valence-corrected chi connectivity index (χ4v) is 3.92. The van der Waals surface area contributed by atoms with E-state index < -0.39 is 29.3 Å². The smallest absolute Gasteiger partial charge is 0.286 e. The SMILES string of the molecule is CCCCCCCCC(Cc1cc(F)c(F)cc1F)C(OC(C)C)(OC(C)C)OC(C)C. The van der Waals surface area contributed by atoms with E-state index >= 15 is 0 Å². The molecule has 1 aromatic rings. The lowest BCUT2D eigenvalue weighted by Crippen LogP contribution is -2.51. The highest BCUT2D eigenvalue weighted by molar-refractivity contribution is 5.21. The van der Waals surface area contributed by atoms with Gasteiger partial charge < -0.3 is 14.2 Å². The first-order valence-electron chi connectivity index (χ1n) is 12.2. The maximum atomic E-state index is 14.6. The molecule has 0 spiro atoms. The van der Waals surface area contributed by atoms with Gasteiger partial charge in [-0.05, 0) is 66.0 Å². The standard InChI is InChI=1S/C26H43F3O3/c1-8-9-10-11-12-13-14-22(15-21-16-24(28)25(29)17-23(21)27)26(30-18(2)3,31-19(4)5)32-20(6)7/h16-20,22H,8-15H2,1-7H3. The summed E-state index contributed by atoms with van der Waals surface area (Å²) in [6.45, 7) is 13.5. The average molecular weight is 461 g/mol. The molecule has 0 bridgehead atoms. The summed E-state index contributed by atoms with van der Waals surface area (Å²) in [5, 5.41) is 0. The van der Waals surface area contributed by atoms with Crippen LogP contribution in [0.4, 0.5) is 13.2 Å². The largest absolute Gasteiger partial charge is 0.324 e. The molecule has 6 heteroatoms. The summed E-state index contributed by atoms with van der Waals surface area (Å²) in [5.74, 6) is -4.86. The summed E-state index contributed by atoms with van der Waals surface area (Å²) in [7, 11) is 0. The maximum Gasteiger partial charge on any atom is 0.286 e. The predicted molar refractivity (Wildman–Crippen MR) is 123 cm³/mol. The molecule has 186 valence electrons. The van der Waals surface area contributed by atoms with Crippen LogP contribution in [0, 0.1) is 23.4 Å². The highest BCUT2D eigenvalue weighted by atomic mass is 19.2. The highest BCUT2D eigenvalue weighted by Crippen LogP contribution is 2.37. The molecule has 0 aliphatic carbocycles. The summed E-state index contributed by atoms with van der Waals surface area (Å²) >= 11 is 0. The van der Waals surface area contributed by atoms with E-state index in [2.05, 4.69) is 6.92 Å². The summed E-state index contributed by atoms with van der Waals surface area (Å²) in [4.78, 5) is 0. The van der Waals surface area contributed by atoms with Crippen LogP contribution in [-0.4, -0.2) is 24.3 Å². The third-order valence-corrected chi connectivity index (χ3v) is 5.16. The second kappa shape index (κ2) is 14.2. The zero-order valence-electron chi connectivity index (χ0n) is 21.0. The third-order valence-electron chi connectivity index (χ3n) is 5.16. The lowest BCUT2D eigenvalue weighted by Gasteiger charge is -2.43. The van der Waals surface area contributed by atoms with Gasteiger partial charge in [-0.1, -0.05) is 45.4 Å². The molecule has 0 aliphatic rings. The number of unbranched alkanes of at least 4 members (excludes halogenated alkanes) is 5. The Morgan fingerprint density at radius 1 is 0.688 bits per heavy atom. The molecule has 1 rings (SSSR count). The highest BCUT2D eigenvalue weighted by Gasteiger charge is 2.45. The van der Waals surface area contributed by atoms with E-state index in [1.165, 1.54) is 19.3 Å². The van der Waals surface area contributed by atoms with Crippen molar-refractivity contribution in [3.63, 3.8) is 0 Å². The second-order valence-corrected chi connectivity index (χ2v) is 9.42. The number of hydrogen-bond acceptors (Lipinski definition) is 3. The first kappa shape index (κ1) is 28.9. The molecular formula is C26H43F3O3. The first-order valence-corrected chi connectivity index (χ1v) is 12.2. The molecule has 0 saturated carbocycles. The van der Waals surface area contributed by atoms with Gasteiger partial charge in [0.15, 0.2) is 11.6 Å². The minimum absolute atomic E-state index is 0.0938. The van der Waals surface area contributed by atoms with E-state index in [1.54, 1.807) is 0 Å². The van der Waals surface area contributed by atoms with Crippen LogP contribution in [0.3, 0.4) is 0 Å². The Kier molecular flexibility index (Phi) is 12.8. The van der Waals surface area contributed by atoms with Crippen LogP contribution in [0.1, 0.15) is 99.0 Å². The molecule has 0 aromatic heterocycles. The number of rotatable bonds is 16. The Hall–Kier alpha value is -1.11. The van der Waals surface area contributed by atoms with Gasteiger partial charge in [0.05, 0.1) is 18.3 Å². The molecule has 0 aliphatic heterocycles. The van der Waals surface area contributed by atoms with Gasteiger partial charge in [-0.15, -0.1) is 0 Å². The molecule has 1 unspecified atom stereocenters. The fraction of sp³-hybridized carbons (Fsp3) is 0.769. The van der Waals surface area contributed by atoms with Crippen molar-refractivity contribution >= 4 is 0 Å². The van der Waals surface area contributed by atoms with E-state index in [4.69, 9.17) is 14.2 Å². The van der Waals surface area contributed by atoms with Gasteiger partial charge in [0.25, 0.3) is 5.97 Å². The molecular weight excluding hydrogens is 417 g/mol. The Morgan fingerprint density at radius 3 is 1.66 bits per heavy atom. The molecule has 0 fully saturated rings. The number of ether oxygens (including phenoxy) is 3. The number of hydrogen-bond donors (Lipinski definition) is 0. The van der Waals surface area contributed by atoms with Crippen LogP contribution in [0.2, 0.25) is 0 Å². The van der Waals surface area contributed by atoms with Crippen molar-refractivity contribution < 1.29 is 27.4 Å². The first-order chi connectivity index (χ1) is 15.0. The van der Waals surface area contributed by atoms with Gasteiger partial charge in [0.2, 0.25) is 0 Å². The van der Waals surface area contributed by atoms with E-state index in [-0.39, 0.29) is 30.3 Å². The summed E-state index contributed by atoms with van der Waals surface area (Å²) in [6, 6.07) is 1.54. The van der Waals surface area contributed by atoms with Crippen molar-refractivity contribution in [3.05, 3.63) is 35.1 Å². The van der Waals surface area contributed by atoms with E-state index in [0.29, 0.717) is 12.5 Å².